The molecule has 1 saturated carbocycles. The van der Waals surface area contributed by atoms with Crippen LogP contribution in [0.25, 0.3) is 0 Å². The molecule has 0 unspecified atom stereocenters. The highest BCUT2D eigenvalue weighted by Gasteiger charge is 2.52. The van der Waals surface area contributed by atoms with Crippen LogP contribution in [0.4, 0.5) is 9.18 Å². The predicted molar refractivity (Wildman–Crippen MR) is 93.5 cm³/mol. The molecular weight excluding hydrogens is 351 g/mol. The number of nitrogens with one attached hydrogen (secondary N) is 2. The van der Waals surface area contributed by atoms with Crippen molar-refractivity contribution >= 4 is 17.8 Å². The number of carbonyl (C=O) groups is 3. The van der Waals surface area contributed by atoms with E-state index in [9.17, 15) is 24.0 Å². The van der Waals surface area contributed by atoms with E-state index in [1.54, 1.807) is 13.8 Å². The van der Waals surface area contributed by atoms with Gasteiger partial charge in [-0.15, -0.1) is 0 Å². The lowest BCUT2D eigenvalue weighted by atomic mass is 9.87. The van der Waals surface area contributed by atoms with E-state index in [2.05, 4.69) is 16.7 Å². The van der Waals surface area contributed by atoms with Gasteiger partial charge in [0.15, 0.2) is 0 Å². The van der Waals surface area contributed by atoms with Crippen molar-refractivity contribution in [1.29, 1.82) is 5.26 Å². The molecule has 2 aliphatic rings. The Balaban J connectivity index is 1.78. The summed E-state index contributed by atoms with van der Waals surface area (Å²) >= 11 is 0. The number of rotatable bonds is 6. The third-order valence-electron chi connectivity index (χ3n) is 5.37. The van der Waals surface area contributed by atoms with Crippen molar-refractivity contribution < 1.29 is 18.8 Å². The second-order valence-electron chi connectivity index (χ2n) is 7.22. The first-order valence-electron chi connectivity index (χ1n) is 8.88. The van der Waals surface area contributed by atoms with Crippen molar-refractivity contribution in [3.8, 4) is 6.07 Å². The van der Waals surface area contributed by atoms with Gasteiger partial charge in [-0.25, -0.2) is 9.18 Å². The molecule has 2 atom stereocenters. The maximum atomic E-state index is 13.2. The minimum atomic E-state index is -1.33. The zero-order valence-electron chi connectivity index (χ0n) is 15.2. The summed E-state index contributed by atoms with van der Waals surface area (Å²) in [5.41, 5.74) is -1.89. The fourth-order valence-electron chi connectivity index (χ4n) is 3.50. The Morgan fingerprint density at radius 2 is 2.04 bits per heavy atom. The summed E-state index contributed by atoms with van der Waals surface area (Å²) in [4.78, 5) is 38.6. The number of hydrogen-bond donors (Lipinski definition) is 2. The molecule has 1 saturated heterocycles. The summed E-state index contributed by atoms with van der Waals surface area (Å²) in [5.74, 6) is -1.50. The Kier molecular flexibility index (Phi) is 4.64. The molecule has 0 bridgehead atoms. The molecule has 142 valence electrons. The fourth-order valence-corrected chi connectivity index (χ4v) is 3.50. The second kappa shape index (κ2) is 6.65. The summed E-state index contributed by atoms with van der Waals surface area (Å²) in [6, 6.07) is 6.74. The average Bonchev–Trinajstić information content (AvgIpc) is 3.47. The summed E-state index contributed by atoms with van der Waals surface area (Å²) in [6.45, 7) is 2.89. The molecule has 0 aromatic heterocycles. The van der Waals surface area contributed by atoms with Gasteiger partial charge in [0.2, 0.25) is 5.91 Å². The Bertz CT molecular complexity index is 830. The number of benzene rings is 1. The van der Waals surface area contributed by atoms with Crippen LogP contribution in [0.15, 0.2) is 24.3 Å². The van der Waals surface area contributed by atoms with Gasteiger partial charge in [0, 0.05) is 0 Å². The Morgan fingerprint density at radius 3 is 2.56 bits per heavy atom. The van der Waals surface area contributed by atoms with Crippen LogP contribution in [0.1, 0.15) is 38.7 Å². The Morgan fingerprint density at radius 1 is 1.41 bits per heavy atom. The van der Waals surface area contributed by atoms with E-state index >= 15 is 0 Å². The molecule has 1 aromatic rings. The molecule has 4 amide bonds. The molecule has 7 nitrogen and oxygen atoms in total. The molecule has 1 aliphatic heterocycles. The van der Waals surface area contributed by atoms with Gasteiger partial charge in [-0.3, -0.25) is 14.5 Å². The van der Waals surface area contributed by atoms with Crippen LogP contribution >= 0.6 is 0 Å². The van der Waals surface area contributed by atoms with E-state index in [1.165, 1.54) is 24.3 Å². The minimum Gasteiger partial charge on any atom is -0.336 e. The third-order valence-corrected chi connectivity index (χ3v) is 5.37. The van der Waals surface area contributed by atoms with E-state index in [4.69, 9.17) is 0 Å². The molecule has 3 rings (SSSR count). The van der Waals surface area contributed by atoms with Crippen molar-refractivity contribution in [3.63, 3.8) is 0 Å². The molecule has 1 aromatic carbocycles. The standard InChI is InChI=1S/C19H21FN4O3/c1-3-19(13-6-8-14(20)9-7-13)16(26)24(17(27)23-19)10-15(25)22-18(2,11-21)12-4-5-12/h6-9,12H,3-5,10H2,1-2H3,(H,22,25)(H,23,27)/t18-,19-/m1/s1. The quantitative estimate of drug-likeness (QED) is 0.743. The van der Waals surface area contributed by atoms with Gasteiger partial charge in [0.25, 0.3) is 5.91 Å². The number of imide groups is 1. The number of carbonyl (C=O) groups excluding carboxylic acids is 3. The fraction of sp³-hybridized carbons (Fsp3) is 0.474. The van der Waals surface area contributed by atoms with Gasteiger partial charge in [-0.2, -0.15) is 5.26 Å². The summed E-state index contributed by atoms with van der Waals surface area (Å²) < 4.78 is 13.2. The highest BCUT2D eigenvalue weighted by molar-refractivity contribution is 6.09. The predicted octanol–water partition coefficient (Wildman–Crippen LogP) is 1.79. The van der Waals surface area contributed by atoms with Crippen molar-refractivity contribution in [2.24, 2.45) is 5.92 Å². The van der Waals surface area contributed by atoms with Crippen LogP contribution in [0.3, 0.4) is 0 Å². The normalized spacial score (nSPS) is 24.1. The Hall–Kier alpha value is -2.95. The van der Waals surface area contributed by atoms with Gasteiger partial charge in [0.05, 0.1) is 6.07 Å². The molecule has 27 heavy (non-hydrogen) atoms. The highest BCUT2D eigenvalue weighted by Crippen LogP contribution is 2.39. The summed E-state index contributed by atoms with van der Waals surface area (Å²) in [6.07, 6.45) is 1.97. The van der Waals surface area contributed by atoms with Crippen LogP contribution in [-0.2, 0) is 15.1 Å². The smallest absolute Gasteiger partial charge is 0.325 e. The number of hydrogen-bond acceptors (Lipinski definition) is 4. The molecule has 1 aliphatic carbocycles. The first-order valence-corrected chi connectivity index (χ1v) is 8.88. The zero-order chi connectivity index (χ0) is 19.8. The van der Waals surface area contributed by atoms with Gasteiger partial charge in [-0.1, -0.05) is 19.1 Å². The van der Waals surface area contributed by atoms with Crippen molar-refractivity contribution in [1.82, 2.24) is 15.5 Å². The number of nitrogens with zero attached hydrogens (tertiary/aromatic N) is 2. The number of halogens is 1. The molecule has 2 fully saturated rings. The van der Waals surface area contributed by atoms with Gasteiger partial charge in [0.1, 0.15) is 23.4 Å². The monoisotopic (exact) mass is 372 g/mol. The van der Waals surface area contributed by atoms with E-state index < -0.39 is 41.3 Å². The van der Waals surface area contributed by atoms with Crippen LogP contribution < -0.4 is 10.6 Å². The number of urea groups is 1. The van der Waals surface area contributed by atoms with Crippen molar-refractivity contribution in [3.05, 3.63) is 35.6 Å². The van der Waals surface area contributed by atoms with E-state index in [0.29, 0.717) is 5.56 Å². The maximum absolute atomic E-state index is 13.2. The lowest BCUT2D eigenvalue weighted by Crippen LogP contribution is -2.51. The average molecular weight is 372 g/mol. The third kappa shape index (κ3) is 3.25. The summed E-state index contributed by atoms with van der Waals surface area (Å²) in [5, 5.41) is 14.6. The minimum absolute atomic E-state index is 0.0866. The molecule has 0 radical (unpaired) electrons. The zero-order valence-corrected chi connectivity index (χ0v) is 15.2. The van der Waals surface area contributed by atoms with Gasteiger partial charge in [-0.05, 0) is 49.8 Å². The van der Waals surface area contributed by atoms with Gasteiger partial charge >= 0.3 is 6.03 Å². The van der Waals surface area contributed by atoms with Crippen LogP contribution in [0.2, 0.25) is 0 Å². The van der Waals surface area contributed by atoms with Crippen LogP contribution in [0, 0.1) is 23.1 Å². The highest BCUT2D eigenvalue weighted by atomic mass is 19.1. The molecular formula is C19H21FN4O3. The first kappa shape index (κ1) is 18.8. The van der Waals surface area contributed by atoms with Crippen molar-refractivity contribution in [2.45, 2.75) is 44.2 Å². The number of amides is 4. The second-order valence-corrected chi connectivity index (χ2v) is 7.22. The van der Waals surface area contributed by atoms with Crippen molar-refractivity contribution in [2.75, 3.05) is 6.54 Å². The lowest BCUT2D eigenvalue weighted by molar-refractivity contribution is -0.135. The topological polar surface area (TPSA) is 102 Å². The van der Waals surface area contributed by atoms with Crippen LogP contribution in [0.5, 0.6) is 0 Å². The lowest BCUT2D eigenvalue weighted by Gasteiger charge is -2.26. The Labute approximate surface area is 156 Å². The van der Waals surface area contributed by atoms with E-state index in [-0.39, 0.29) is 12.3 Å². The first-order chi connectivity index (χ1) is 12.8. The molecule has 1 heterocycles. The SMILES string of the molecule is CC[C@]1(c2ccc(F)cc2)NC(=O)N(CC(=O)N[C@](C)(C#N)C2CC2)C1=O. The molecule has 2 N–H and O–H groups in total. The van der Waals surface area contributed by atoms with Crippen LogP contribution in [-0.4, -0.2) is 34.8 Å². The summed E-state index contributed by atoms with van der Waals surface area (Å²) in [7, 11) is 0. The van der Waals surface area contributed by atoms with E-state index in [0.717, 1.165) is 17.7 Å². The van der Waals surface area contributed by atoms with E-state index in [1.807, 2.05) is 0 Å². The number of nitriles is 1. The largest absolute Gasteiger partial charge is 0.336 e. The van der Waals surface area contributed by atoms with Gasteiger partial charge < -0.3 is 10.6 Å². The maximum Gasteiger partial charge on any atom is 0.325 e. The molecule has 8 heteroatoms. The molecule has 0 spiro atoms.